The number of ether oxygens (including phenoxy) is 2. The summed E-state index contributed by atoms with van der Waals surface area (Å²) in [6, 6.07) is 3.18. The number of unbranched alkanes of at least 4 members (excludes halogenated alkanes) is 5. The highest BCUT2D eigenvalue weighted by Crippen LogP contribution is 2.37. The molecule has 0 aromatic heterocycles. The fraction of sp³-hybridized carbons (Fsp3) is 0.500. The molecule has 1 aliphatic carbocycles. The predicted octanol–water partition coefficient (Wildman–Crippen LogP) is 4.08. The largest absolute Gasteiger partial charge is 0.611 e. The van der Waals surface area contributed by atoms with Crippen LogP contribution in [0.25, 0.3) is 0 Å². The van der Waals surface area contributed by atoms with Crippen LogP contribution in [-0.2, 0) is 11.2 Å². The highest BCUT2D eigenvalue weighted by atomic mass is 32.2. The molecule has 0 saturated carbocycles. The molecular weight excluding hydrogens is 352 g/mol. The Bertz CT molecular complexity index is 696. The van der Waals surface area contributed by atoms with Gasteiger partial charge in [0.1, 0.15) is 17.3 Å². The zero-order valence-electron chi connectivity index (χ0n) is 15.6. The molecule has 142 valence electrons. The van der Waals surface area contributed by atoms with Gasteiger partial charge in [0.25, 0.3) is 0 Å². The third kappa shape index (κ3) is 4.48. The van der Waals surface area contributed by atoms with Gasteiger partial charge in [0.15, 0.2) is 5.78 Å². The van der Waals surface area contributed by atoms with Gasteiger partial charge in [0.05, 0.1) is 25.3 Å². The fourth-order valence-electron chi connectivity index (χ4n) is 3.05. The normalized spacial score (nSPS) is 14.7. The van der Waals surface area contributed by atoms with E-state index in [4.69, 9.17) is 9.47 Å². The Morgan fingerprint density at radius 3 is 2.12 bits per heavy atom. The summed E-state index contributed by atoms with van der Waals surface area (Å²) in [7, 11) is 2.88. The molecule has 1 aromatic rings. The molecule has 26 heavy (non-hydrogen) atoms. The average Bonchev–Trinajstić information content (AvgIpc) is 2.65. The van der Waals surface area contributed by atoms with E-state index in [1.165, 1.54) is 39.6 Å². The highest BCUT2D eigenvalue weighted by Gasteiger charge is 2.37. The molecule has 0 radical (unpaired) electrons. The lowest BCUT2D eigenvalue weighted by atomic mass is 9.93. The van der Waals surface area contributed by atoms with Gasteiger partial charge < -0.3 is 14.0 Å². The molecule has 0 saturated heterocycles. The monoisotopic (exact) mass is 378 g/mol. The molecule has 0 heterocycles. The summed E-state index contributed by atoms with van der Waals surface area (Å²) in [6.45, 7) is 2.16. The van der Waals surface area contributed by atoms with Crippen molar-refractivity contribution in [1.82, 2.24) is 0 Å². The molecule has 1 aliphatic rings. The molecule has 0 amide bonds. The molecule has 1 aromatic carbocycles. The molecular formula is C20H26O5S. The van der Waals surface area contributed by atoms with Gasteiger partial charge in [-0.05, 0) is 36.2 Å². The van der Waals surface area contributed by atoms with E-state index in [2.05, 4.69) is 6.92 Å². The molecule has 0 aliphatic heterocycles. The lowest BCUT2D eigenvalue weighted by Gasteiger charge is -2.21. The second kappa shape index (κ2) is 9.78. The maximum absolute atomic E-state index is 12.9. The number of Topliss-reactive ketones (excluding diaryl/α,β-unsaturated/α-hetero) is 1. The third-order valence-electron chi connectivity index (χ3n) is 4.46. The number of ketones is 2. The Balaban J connectivity index is 2.14. The minimum atomic E-state index is -1.50. The first-order valence-electron chi connectivity index (χ1n) is 8.99. The number of hydrogen-bond donors (Lipinski definition) is 0. The minimum Gasteiger partial charge on any atom is -0.611 e. The van der Waals surface area contributed by atoms with E-state index in [0.717, 1.165) is 19.3 Å². The first-order valence-corrected chi connectivity index (χ1v) is 10.3. The Labute approximate surface area is 157 Å². The Morgan fingerprint density at radius 2 is 1.50 bits per heavy atom. The van der Waals surface area contributed by atoms with Crippen LogP contribution in [0.2, 0.25) is 0 Å². The topological polar surface area (TPSA) is 75.7 Å². The number of carbonyl (C=O) groups excluding carboxylic acids is 2. The van der Waals surface area contributed by atoms with Crippen LogP contribution in [0, 0.1) is 0 Å². The number of benzene rings is 1. The molecule has 0 fully saturated rings. The average molecular weight is 378 g/mol. The van der Waals surface area contributed by atoms with E-state index in [0.29, 0.717) is 17.3 Å². The molecule has 1 atom stereocenters. The van der Waals surface area contributed by atoms with Crippen LogP contribution in [0.3, 0.4) is 0 Å². The fourth-order valence-corrected chi connectivity index (χ4v) is 4.28. The predicted molar refractivity (Wildman–Crippen MR) is 103 cm³/mol. The van der Waals surface area contributed by atoms with Crippen molar-refractivity contribution in [2.24, 2.45) is 0 Å². The van der Waals surface area contributed by atoms with Crippen LogP contribution in [0.15, 0.2) is 23.1 Å². The molecule has 0 spiro atoms. The maximum Gasteiger partial charge on any atom is 0.245 e. The van der Waals surface area contributed by atoms with Crippen molar-refractivity contribution in [2.45, 2.75) is 45.4 Å². The summed E-state index contributed by atoms with van der Waals surface area (Å²) in [5.74, 6) is 0.206. The first kappa shape index (κ1) is 20.5. The van der Waals surface area contributed by atoms with E-state index >= 15 is 0 Å². The summed E-state index contributed by atoms with van der Waals surface area (Å²) in [6.07, 6.45) is 7.62. The van der Waals surface area contributed by atoms with E-state index in [1.54, 1.807) is 12.1 Å². The van der Waals surface area contributed by atoms with E-state index < -0.39 is 17.0 Å². The Morgan fingerprint density at radius 1 is 0.923 bits per heavy atom. The van der Waals surface area contributed by atoms with Crippen molar-refractivity contribution in [3.8, 4) is 11.5 Å². The third-order valence-corrected chi connectivity index (χ3v) is 5.91. The number of carbonyl (C=O) groups is 2. The lowest BCUT2D eigenvalue weighted by Crippen LogP contribution is -2.25. The molecule has 0 bridgehead atoms. The second-order valence-corrected chi connectivity index (χ2v) is 7.78. The SMILES string of the molecule is CCCCCCCC[S+]([O-])C1=CC(=O)c2c(OC)ccc(OC)c2C1=O. The zero-order valence-corrected chi connectivity index (χ0v) is 16.4. The zero-order chi connectivity index (χ0) is 19.1. The number of methoxy groups -OCH3 is 2. The Hall–Kier alpha value is -1.79. The van der Waals surface area contributed by atoms with E-state index in [-0.39, 0.29) is 21.8 Å². The summed E-state index contributed by atoms with van der Waals surface area (Å²) in [5.41, 5.74) is 0.322. The van der Waals surface area contributed by atoms with Crippen LogP contribution in [0.5, 0.6) is 11.5 Å². The van der Waals surface area contributed by atoms with Crippen molar-refractivity contribution in [1.29, 1.82) is 0 Å². The van der Waals surface area contributed by atoms with Crippen molar-refractivity contribution in [3.05, 3.63) is 34.2 Å². The number of hydrogen-bond acceptors (Lipinski definition) is 5. The van der Waals surface area contributed by atoms with Crippen molar-refractivity contribution >= 4 is 22.7 Å². The smallest absolute Gasteiger partial charge is 0.245 e. The summed E-state index contributed by atoms with van der Waals surface area (Å²) in [5, 5.41) is 0. The van der Waals surface area contributed by atoms with Crippen LogP contribution in [0.1, 0.15) is 66.2 Å². The van der Waals surface area contributed by atoms with Gasteiger partial charge in [-0.15, -0.1) is 0 Å². The van der Waals surface area contributed by atoms with Crippen molar-refractivity contribution in [2.75, 3.05) is 20.0 Å². The summed E-state index contributed by atoms with van der Waals surface area (Å²) >= 11 is -1.50. The van der Waals surface area contributed by atoms with E-state index in [9.17, 15) is 14.1 Å². The van der Waals surface area contributed by atoms with Crippen LogP contribution in [0.4, 0.5) is 0 Å². The quantitative estimate of drug-likeness (QED) is 0.453. The van der Waals surface area contributed by atoms with Crippen molar-refractivity contribution in [3.63, 3.8) is 0 Å². The van der Waals surface area contributed by atoms with Crippen LogP contribution < -0.4 is 9.47 Å². The Kier molecular flexibility index (Phi) is 7.72. The molecule has 6 heteroatoms. The first-order chi connectivity index (χ1) is 12.5. The number of fused-ring (bicyclic) bond motifs is 1. The van der Waals surface area contributed by atoms with Crippen LogP contribution in [-0.4, -0.2) is 36.1 Å². The molecule has 5 nitrogen and oxygen atoms in total. The summed E-state index contributed by atoms with van der Waals surface area (Å²) < 4.78 is 23.0. The van der Waals surface area contributed by atoms with E-state index in [1.807, 2.05) is 0 Å². The minimum absolute atomic E-state index is 0.0580. The lowest BCUT2D eigenvalue weighted by molar-refractivity contribution is 0.0985. The van der Waals surface area contributed by atoms with Gasteiger partial charge in [-0.1, -0.05) is 32.6 Å². The second-order valence-electron chi connectivity index (χ2n) is 6.24. The van der Waals surface area contributed by atoms with Gasteiger partial charge in [-0.25, -0.2) is 0 Å². The van der Waals surface area contributed by atoms with Gasteiger partial charge in [0.2, 0.25) is 10.7 Å². The molecule has 2 rings (SSSR count). The van der Waals surface area contributed by atoms with Gasteiger partial charge >= 0.3 is 0 Å². The number of rotatable bonds is 10. The molecule has 0 N–H and O–H groups in total. The highest BCUT2D eigenvalue weighted by molar-refractivity contribution is 7.96. The maximum atomic E-state index is 12.9. The van der Waals surface area contributed by atoms with Crippen molar-refractivity contribution < 1.29 is 23.6 Å². The number of allylic oxidation sites excluding steroid dienone is 2. The van der Waals surface area contributed by atoms with Gasteiger partial charge in [-0.3, -0.25) is 9.59 Å². The summed E-state index contributed by atoms with van der Waals surface area (Å²) in [4.78, 5) is 25.5. The standard InChI is InChI=1S/C20H26O5S/c1-4-5-6-7-8-9-12-26(23)17-13-14(21)18-15(24-2)10-11-16(25-3)19(18)20(17)22/h10-11,13H,4-9,12H2,1-3H3. The van der Waals surface area contributed by atoms with Crippen LogP contribution >= 0.6 is 0 Å². The molecule has 1 unspecified atom stereocenters. The van der Waals surface area contributed by atoms with Gasteiger partial charge in [0, 0.05) is 6.08 Å². The van der Waals surface area contributed by atoms with Gasteiger partial charge in [-0.2, -0.15) is 0 Å².